The second-order valence-electron chi connectivity index (χ2n) is 3.66. The third kappa shape index (κ3) is 1.46. The number of rotatable bonds is 3. The van der Waals surface area contributed by atoms with Crippen LogP contribution in [0.15, 0.2) is 24.4 Å². The molecule has 0 saturated carbocycles. The summed E-state index contributed by atoms with van der Waals surface area (Å²) in [6.45, 7) is 5.14. The molecular formula is C13H15NO. The number of hydrogen-bond acceptors (Lipinski definition) is 1. The van der Waals surface area contributed by atoms with Crippen LogP contribution in [0.4, 0.5) is 0 Å². The Morgan fingerprint density at radius 3 is 2.73 bits per heavy atom. The molecule has 0 aliphatic rings. The van der Waals surface area contributed by atoms with Crippen molar-refractivity contribution in [2.24, 2.45) is 0 Å². The van der Waals surface area contributed by atoms with E-state index in [2.05, 4.69) is 24.5 Å². The number of aryl methyl sites for hydroxylation is 2. The Morgan fingerprint density at radius 1 is 1.33 bits per heavy atom. The molecule has 2 rings (SSSR count). The first-order valence-corrected chi connectivity index (χ1v) is 5.37. The van der Waals surface area contributed by atoms with Gasteiger partial charge < -0.3 is 4.57 Å². The Labute approximate surface area is 89.5 Å². The molecule has 1 aromatic carbocycles. The van der Waals surface area contributed by atoms with E-state index in [-0.39, 0.29) is 0 Å². The highest BCUT2D eigenvalue weighted by Crippen LogP contribution is 2.24. The maximum atomic E-state index is 10.9. The van der Waals surface area contributed by atoms with Gasteiger partial charge in [0.25, 0.3) is 0 Å². The molecule has 0 fully saturated rings. The minimum absolute atomic E-state index is 0.794. The van der Waals surface area contributed by atoms with Gasteiger partial charge in [0, 0.05) is 23.7 Å². The fourth-order valence-electron chi connectivity index (χ4n) is 2.09. The third-order valence-electron chi connectivity index (χ3n) is 2.86. The van der Waals surface area contributed by atoms with Gasteiger partial charge in [-0.3, -0.25) is 4.79 Å². The molecule has 1 heterocycles. The van der Waals surface area contributed by atoms with Gasteiger partial charge in [-0.25, -0.2) is 0 Å². The minimum Gasteiger partial charge on any atom is -0.347 e. The molecule has 0 radical (unpaired) electrons. The van der Waals surface area contributed by atoms with Crippen molar-refractivity contribution in [1.29, 1.82) is 0 Å². The van der Waals surface area contributed by atoms with E-state index < -0.39 is 0 Å². The lowest BCUT2D eigenvalue weighted by molar-refractivity contribution is 0.112. The first-order valence-electron chi connectivity index (χ1n) is 5.37. The molecule has 0 aliphatic heterocycles. The van der Waals surface area contributed by atoms with Gasteiger partial charge in [-0.2, -0.15) is 0 Å². The van der Waals surface area contributed by atoms with Crippen LogP contribution in [0, 0.1) is 0 Å². The van der Waals surface area contributed by atoms with E-state index in [1.807, 2.05) is 18.3 Å². The topological polar surface area (TPSA) is 22.0 Å². The molecule has 2 nitrogen and oxygen atoms in total. The predicted octanol–water partition coefficient (Wildman–Crippen LogP) is 3.04. The Kier molecular flexibility index (Phi) is 2.58. The summed E-state index contributed by atoms with van der Waals surface area (Å²) >= 11 is 0. The third-order valence-corrected chi connectivity index (χ3v) is 2.86. The summed E-state index contributed by atoms with van der Waals surface area (Å²) in [5, 5.41) is 1.08. The van der Waals surface area contributed by atoms with Crippen molar-refractivity contribution < 1.29 is 4.79 Å². The van der Waals surface area contributed by atoms with E-state index in [4.69, 9.17) is 0 Å². The Morgan fingerprint density at radius 2 is 2.13 bits per heavy atom. The normalized spacial score (nSPS) is 10.8. The summed E-state index contributed by atoms with van der Waals surface area (Å²) in [4.78, 5) is 10.9. The van der Waals surface area contributed by atoms with Crippen LogP contribution in [-0.4, -0.2) is 10.9 Å². The molecule has 1 aromatic heterocycles. The molecule has 15 heavy (non-hydrogen) atoms. The first kappa shape index (κ1) is 9.97. The Hall–Kier alpha value is -1.57. The lowest BCUT2D eigenvalue weighted by atomic mass is 10.1. The van der Waals surface area contributed by atoms with Gasteiger partial charge in [0.1, 0.15) is 0 Å². The second-order valence-corrected chi connectivity index (χ2v) is 3.66. The summed E-state index contributed by atoms with van der Waals surface area (Å²) in [5.41, 5.74) is 3.31. The average molecular weight is 201 g/mol. The molecule has 2 aromatic rings. The monoisotopic (exact) mass is 201 g/mol. The van der Waals surface area contributed by atoms with Crippen LogP contribution in [-0.2, 0) is 13.0 Å². The second kappa shape index (κ2) is 3.89. The fraction of sp³-hybridized carbons (Fsp3) is 0.308. The molecule has 0 aliphatic carbocycles. The van der Waals surface area contributed by atoms with Crippen molar-refractivity contribution in [2.45, 2.75) is 26.8 Å². The zero-order chi connectivity index (χ0) is 10.8. The molecule has 0 bridgehead atoms. The smallest absolute Gasteiger partial charge is 0.152 e. The summed E-state index contributed by atoms with van der Waals surface area (Å²) < 4.78 is 2.15. The van der Waals surface area contributed by atoms with Crippen molar-refractivity contribution in [1.82, 2.24) is 4.57 Å². The van der Waals surface area contributed by atoms with E-state index in [0.717, 1.165) is 30.2 Å². The van der Waals surface area contributed by atoms with Crippen molar-refractivity contribution >= 4 is 17.2 Å². The number of fused-ring (bicyclic) bond motifs is 1. The first-order chi connectivity index (χ1) is 7.31. The molecule has 0 spiro atoms. The van der Waals surface area contributed by atoms with Crippen LogP contribution in [0.1, 0.15) is 29.8 Å². The Balaban J connectivity index is 2.84. The van der Waals surface area contributed by atoms with Gasteiger partial charge in [0.2, 0.25) is 0 Å². The van der Waals surface area contributed by atoms with Crippen LogP contribution < -0.4 is 0 Å². The summed E-state index contributed by atoms with van der Waals surface area (Å²) in [5.74, 6) is 0. The van der Waals surface area contributed by atoms with Crippen LogP contribution in [0.3, 0.4) is 0 Å². The molecule has 0 N–H and O–H groups in total. The number of nitrogens with zero attached hydrogens (tertiary/aromatic N) is 1. The quantitative estimate of drug-likeness (QED) is 0.699. The molecule has 0 unspecified atom stereocenters. The van der Waals surface area contributed by atoms with E-state index in [1.165, 1.54) is 11.1 Å². The van der Waals surface area contributed by atoms with Gasteiger partial charge in [0.15, 0.2) is 6.29 Å². The number of hydrogen-bond donors (Lipinski definition) is 0. The SMILES string of the molecule is CCc1cccc2c(C=O)cn(CC)c12. The number of para-hydroxylation sites is 1. The van der Waals surface area contributed by atoms with Crippen LogP contribution >= 0.6 is 0 Å². The molecule has 0 saturated heterocycles. The minimum atomic E-state index is 0.794. The molecule has 2 heteroatoms. The number of carbonyl (C=O) groups excluding carboxylic acids is 1. The zero-order valence-electron chi connectivity index (χ0n) is 9.16. The zero-order valence-corrected chi connectivity index (χ0v) is 9.16. The maximum absolute atomic E-state index is 10.9. The van der Waals surface area contributed by atoms with Crippen LogP contribution in [0.5, 0.6) is 0 Å². The fourth-order valence-corrected chi connectivity index (χ4v) is 2.09. The maximum Gasteiger partial charge on any atom is 0.152 e. The highest BCUT2D eigenvalue weighted by atomic mass is 16.1. The molecule has 0 atom stereocenters. The highest BCUT2D eigenvalue weighted by molar-refractivity contribution is 5.98. The van der Waals surface area contributed by atoms with E-state index in [9.17, 15) is 4.79 Å². The van der Waals surface area contributed by atoms with Crippen molar-refractivity contribution in [3.63, 3.8) is 0 Å². The van der Waals surface area contributed by atoms with Gasteiger partial charge in [-0.1, -0.05) is 25.1 Å². The van der Waals surface area contributed by atoms with E-state index in [1.54, 1.807) is 0 Å². The summed E-state index contributed by atoms with van der Waals surface area (Å²) in [6, 6.07) is 6.17. The van der Waals surface area contributed by atoms with Gasteiger partial charge in [-0.05, 0) is 18.9 Å². The molecule has 0 amide bonds. The summed E-state index contributed by atoms with van der Waals surface area (Å²) in [6.07, 6.45) is 3.88. The predicted molar refractivity (Wildman–Crippen MR) is 62.4 cm³/mol. The van der Waals surface area contributed by atoms with Crippen molar-refractivity contribution in [2.75, 3.05) is 0 Å². The van der Waals surface area contributed by atoms with Crippen LogP contribution in [0.25, 0.3) is 10.9 Å². The molecular weight excluding hydrogens is 186 g/mol. The van der Waals surface area contributed by atoms with Crippen LogP contribution in [0.2, 0.25) is 0 Å². The number of aromatic nitrogens is 1. The largest absolute Gasteiger partial charge is 0.347 e. The number of carbonyl (C=O) groups is 1. The van der Waals surface area contributed by atoms with E-state index >= 15 is 0 Å². The summed E-state index contributed by atoms with van der Waals surface area (Å²) in [7, 11) is 0. The van der Waals surface area contributed by atoms with E-state index in [0.29, 0.717) is 0 Å². The Bertz CT molecular complexity index is 496. The van der Waals surface area contributed by atoms with Gasteiger partial charge >= 0.3 is 0 Å². The standard InChI is InChI=1S/C13H15NO/c1-3-10-6-5-7-12-11(9-15)8-14(4-2)13(10)12/h5-9H,3-4H2,1-2H3. The lowest BCUT2D eigenvalue weighted by Gasteiger charge is -2.05. The lowest BCUT2D eigenvalue weighted by Crippen LogP contribution is -1.94. The van der Waals surface area contributed by atoms with Crippen molar-refractivity contribution in [3.05, 3.63) is 35.5 Å². The molecule has 78 valence electrons. The average Bonchev–Trinajstić information content (AvgIpc) is 2.66. The van der Waals surface area contributed by atoms with Crippen molar-refractivity contribution in [3.8, 4) is 0 Å². The highest BCUT2D eigenvalue weighted by Gasteiger charge is 2.09. The number of aldehydes is 1. The number of benzene rings is 1. The van der Waals surface area contributed by atoms with Gasteiger partial charge in [-0.15, -0.1) is 0 Å². The van der Waals surface area contributed by atoms with Gasteiger partial charge in [0.05, 0.1) is 5.52 Å².